The van der Waals surface area contributed by atoms with E-state index in [9.17, 15) is 8.42 Å². The second-order valence-corrected chi connectivity index (χ2v) is 3.93. The minimum Gasteiger partial charge on any atom is -0.244 e. The van der Waals surface area contributed by atoms with Gasteiger partial charge in [-0.2, -0.15) is 5.26 Å². The normalized spacial score (nSPS) is 11.3. The van der Waals surface area contributed by atoms with Gasteiger partial charge in [0.1, 0.15) is 0 Å². The maximum Gasteiger partial charge on any atom is 0.217 e. The van der Waals surface area contributed by atoms with Crippen molar-refractivity contribution in [3.05, 3.63) is 35.9 Å². The number of allylic oxidation sites excluding steroid dienone is 1. The number of hydrogen-bond donors (Lipinski definition) is 0. The standard InChI is InChI=1S/C8H6N2O2S/c9-5-3-7-13(11,12)8-4-1-2-6-10-8/h1-4,6-7H. The van der Waals surface area contributed by atoms with Gasteiger partial charge < -0.3 is 0 Å². The van der Waals surface area contributed by atoms with E-state index in [1.165, 1.54) is 12.3 Å². The highest BCUT2D eigenvalue weighted by Gasteiger charge is 2.09. The van der Waals surface area contributed by atoms with Crippen LogP contribution in [0.3, 0.4) is 0 Å². The lowest BCUT2D eigenvalue weighted by atomic mass is 10.5. The fourth-order valence-corrected chi connectivity index (χ4v) is 1.56. The molecule has 0 unspecified atom stereocenters. The van der Waals surface area contributed by atoms with Crippen molar-refractivity contribution < 1.29 is 8.42 Å². The molecule has 0 saturated carbocycles. The van der Waals surface area contributed by atoms with Gasteiger partial charge >= 0.3 is 0 Å². The van der Waals surface area contributed by atoms with Crippen LogP contribution < -0.4 is 0 Å². The summed E-state index contributed by atoms with van der Waals surface area (Å²) in [6.07, 6.45) is 2.29. The van der Waals surface area contributed by atoms with Crippen molar-refractivity contribution in [2.75, 3.05) is 0 Å². The van der Waals surface area contributed by atoms with E-state index in [0.717, 1.165) is 11.5 Å². The van der Waals surface area contributed by atoms with Crippen LogP contribution >= 0.6 is 0 Å². The number of aromatic nitrogens is 1. The summed E-state index contributed by atoms with van der Waals surface area (Å²) in [4.78, 5) is 3.65. The Labute approximate surface area is 76.1 Å². The van der Waals surface area contributed by atoms with Crippen molar-refractivity contribution in [3.8, 4) is 6.07 Å². The highest BCUT2D eigenvalue weighted by molar-refractivity contribution is 7.94. The molecule has 0 fully saturated rings. The Hall–Kier alpha value is -1.67. The van der Waals surface area contributed by atoms with Gasteiger partial charge in [-0.25, -0.2) is 13.4 Å². The maximum absolute atomic E-state index is 11.3. The molecule has 13 heavy (non-hydrogen) atoms. The zero-order valence-electron chi connectivity index (χ0n) is 6.58. The predicted octanol–water partition coefficient (Wildman–Crippen LogP) is 0.893. The summed E-state index contributed by atoms with van der Waals surface area (Å²) in [5.41, 5.74) is 0. The van der Waals surface area contributed by atoms with Crippen LogP contribution in [0.1, 0.15) is 0 Å². The fraction of sp³-hybridized carbons (Fsp3) is 0. The molecule has 0 amide bonds. The third kappa shape index (κ3) is 2.39. The van der Waals surface area contributed by atoms with Crippen LogP contribution in [0.25, 0.3) is 0 Å². The van der Waals surface area contributed by atoms with Gasteiger partial charge in [0.2, 0.25) is 9.84 Å². The number of nitrogens with zero attached hydrogens (tertiary/aromatic N) is 2. The van der Waals surface area contributed by atoms with Crippen LogP contribution in [-0.2, 0) is 9.84 Å². The molecular formula is C8H6N2O2S. The van der Waals surface area contributed by atoms with Gasteiger partial charge in [0.05, 0.1) is 6.07 Å². The van der Waals surface area contributed by atoms with Crippen molar-refractivity contribution in [2.24, 2.45) is 0 Å². The molecule has 0 aliphatic carbocycles. The largest absolute Gasteiger partial charge is 0.244 e. The van der Waals surface area contributed by atoms with E-state index in [2.05, 4.69) is 4.98 Å². The van der Waals surface area contributed by atoms with Crippen molar-refractivity contribution >= 4 is 9.84 Å². The van der Waals surface area contributed by atoms with Gasteiger partial charge in [-0.15, -0.1) is 0 Å². The molecule has 4 nitrogen and oxygen atoms in total. The summed E-state index contributed by atoms with van der Waals surface area (Å²) in [7, 11) is -3.54. The van der Waals surface area contributed by atoms with Gasteiger partial charge in [-0.1, -0.05) is 6.07 Å². The highest BCUT2D eigenvalue weighted by Crippen LogP contribution is 2.06. The first-order valence-electron chi connectivity index (χ1n) is 3.39. The summed E-state index contributed by atoms with van der Waals surface area (Å²) in [6.45, 7) is 0. The second-order valence-electron chi connectivity index (χ2n) is 2.14. The van der Waals surface area contributed by atoms with Gasteiger partial charge in [0.25, 0.3) is 0 Å². The van der Waals surface area contributed by atoms with E-state index in [1.807, 2.05) is 0 Å². The minimum absolute atomic E-state index is 0.0542. The van der Waals surface area contributed by atoms with E-state index >= 15 is 0 Å². The van der Waals surface area contributed by atoms with Crippen LogP contribution in [-0.4, -0.2) is 13.4 Å². The first kappa shape index (κ1) is 9.42. The van der Waals surface area contributed by atoms with Gasteiger partial charge in [0.15, 0.2) is 5.03 Å². The van der Waals surface area contributed by atoms with Gasteiger partial charge in [0, 0.05) is 17.7 Å². The molecule has 0 aliphatic heterocycles. The molecule has 1 aromatic rings. The smallest absolute Gasteiger partial charge is 0.217 e. The van der Waals surface area contributed by atoms with E-state index in [1.54, 1.807) is 18.2 Å². The summed E-state index contributed by atoms with van der Waals surface area (Å²) >= 11 is 0. The number of rotatable bonds is 2. The number of nitriles is 1. The molecule has 1 aromatic heterocycles. The first-order chi connectivity index (χ1) is 6.17. The van der Waals surface area contributed by atoms with Gasteiger partial charge in [-0.05, 0) is 12.1 Å². The Bertz CT molecular complexity index is 443. The van der Waals surface area contributed by atoms with Crippen molar-refractivity contribution in [1.82, 2.24) is 4.98 Å². The van der Waals surface area contributed by atoms with Crippen molar-refractivity contribution in [3.63, 3.8) is 0 Å². The quantitative estimate of drug-likeness (QED) is 0.655. The molecule has 0 spiro atoms. The molecule has 1 heterocycles. The lowest BCUT2D eigenvalue weighted by Gasteiger charge is -1.94. The summed E-state index contributed by atoms with van der Waals surface area (Å²) in [6, 6.07) is 6.17. The van der Waals surface area contributed by atoms with Crippen LogP contribution in [0.4, 0.5) is 0 Å². The summed E-state index contributed by atoms with van der Waals surface area (Å²) in [5, 5.41) is 8.93. The van der Waals surface area contributed by atoms with Crippen molar-refractivity contribution in [2.45, 2.75) is 5.03 Å². The molecule has 66 valence electrons. The molecule has 0 N–H and O–H groups in total. The Morgan fingerprint density at radius 3 is 2.77 bits per heavy atom. The van der Waals surface area contributed by atoms with Crippen LogP contribution in [0.2, 0.25) is 0 Å². The molecular weight excluding hydrogens is 188 g/mol. The van der Waals surface area contributed by atoms with Gasteiger partial charge in [-0.3, -0.25) is 0 Å². The lowest BCUT2D eigenvalue weighted by Crippen LogP contribution is -1.98. The molecule has 0 atom stereocenters. The average molecular weight is 194 g/mol. The Balaban J connectivity index is 3.11. The Kier molecular flexibility index (Phi) is 2.77. The monoisotopic (exact) mass is 194 g/mol. The first-order valence-corrected chi connectivity index (χ1v) is 4.94. The Morgan fingerprint density at radius 2 is 2.23 bits per heavy atom. The minimum atomic E-state index is -3.54. The van der Waals surface area contributed by atoms with Crippen LogP contribution in [0.15, 0.2) is 40.9 Å². The van der Waals surface area contributed by atoms with E-state index in [0.29, 0.717) is 0 Å². The van der Waals surface area contributed by atoms with Crippen LogP contribution in [0, 0.1) is 11.3 Å². The summed E-state index contributed by atoms with van der Waals surface area (Å²) < 4.78 is 22.6. The SMILES string of the molecule is N#CC=CS(=O)(=O)c1ccccn1. The lowest BCUT2D eigenvalue weighted by molar-refractivity contribution is 0.601. The average Bonchev–Trinajstić information content (AvgIpc) is 2.16. The maximum atomic E-state index is 11.3. The molecule has 0 bridgehead atoms. The highest BCUT2D eigenvalue weighted by atomic mass is 32.2. The molecule has 5 heteroatoms. The van der Waals surface area contributed by atoms with E-state index in [-0.39, 0.29) is 5.03 Å². The molecule has 0 radical (unpaired) electrons. The van der Waals surface area contributed by atoms with E-state index in [4.69, 9.17) is 5.26 Å². The second kappa shape index (κ2) is 3.83. The Morgan fingerprint density at radius 1 is 1.46 bits per heavy atom. The van der Waals surface area contributed by atoms with E-state index < -0.39 is 9.84 Å². The zero-order valence-corrected chi connectivity index (χ0v) is 7.40. The zero-order chi connectivity index (χ0) is 9.73. The third-order valence-electron chi connectivity index (χ3n) is 1.25. The third-order valence-corrected chi connectivity index (χ3v) is 2.57. The number of hydrogen-bond acceptors (Lipinski definition) is 4. The molecule has 1 rings (SSSR count). The van der Waals surface area contributed by atoms with Crippen LogP contribution in [0.5, 0.6) is 0 Å². The molecule has 0 aromatic carbocycles. The molecule has 0 saturated heterocycles. The molecule has 0 aliphatic rings. The summed E-state index contributed by atoms with van der Waals surface area (Å²) in [5.74, 6) is 0. The topological polar surface area (TPSA) is 70.8 Å². The fourth-order valence-electron chi connectivity index (χ4n) is 0.705. The number of sulfone groups is 1. The predicted molar refractivity (Wildman–Crippen MR) is 46.2 cm³/mol. The van der Waals surface area contributed by atoms with Crippen molar-refractivity contribution in [1.29, 1.82) is 5.26 Å². The number of pyridine rings is 1.